The molecule has 0 atom stereocenters. The molecule has 3 nitrogen and oxygen atoms in total. The highest BCUT2D eigenvalue weighted by Crippen LogP contribution is 2.40. The molecule has 0 radical (unpaired) electrons. The van der Waals surface area contributed by atoms with E-state index in [1.54, 1.807) is 6.92 Å². The van der Waals surface area contributed by atoms with E-state index < -0.39 is 28.1 Å². The first-order valence-corrected chi connectivity index (χ1v) is 7.82. The maximum Gasteiger partial charge on any atom is 0.264 e. The van der Waals surface area contributed by atoms with Crippen molar-refractivity contribution < 1.29 is 21.4 Å². The van der Waals surface area contributed by atoms with Crippen molar-refractivity contribution in [3.63, 3.8) is 0 Å². The molecular formula is C11H20F2O3S. The van der Waals surface area contributed by atoms with Gasteiger partial charge in [0.05, 0.1) is 12.4 Å². The van der Waals surface area contributed by atoms with Crippen LogP contribution in [0.2, 0.25) is 0 Å². The van der Waals surface area contributed by atoms with Crippen LogP contribution < -0.4 is 0 Å². The average molecular weight is 270 g/mol. The fraction of sp³-hybridized carbons (Fsp3) is 1.00. The van der Waals surface area contributed by atoms with E-state index >= 15 is 0 Å². The molecule has 0 heterocycles. The molecule has 0 unspecified atom stereocenters. The second-order valence-corrected chi connectivity index (χ2v) is 6.39. The lowest BCUT2D eigenvalue weighted by Crippen LogP contribution is -2.34. The van der Waals surface area contributed by atoms with Crippen LogP contribution in [0.15, 0.2) is 0 Å². The Kier molecular flexibility index (Phi) is 4.89. The van der Waals surface area contributed by atoms with Crippen molar-refractivity contribution in [3.05, 3.63) is 0 Å². The van der Waals surface area contributed by atoms with Crippen molar-refractivity contribution in [1.82, 2.24) is 0 Å². The van der Waals surface area contributed by atoms with Gasteiger partial charge in [-0.1, -0.05) is 13.3 Å². The Morgan fingerprint density at radius 3 is 2.18 bits per heavy atom. The molecule has 0 amide bonds. The van der Waals surface area contributed by atoms with Crippen molar-refractivity contribution in [2.24, 2.45) is 5.92 Å². The molecule has 6 heteroatoms. The van der Waals surface area contributed by atoms with E-state index in [9.17, 15) is 17.2 Å². The summed E-state index contributed by atoms with van der Waals surface area (Å²) in [6, 6.07) is 0. The zero-order chi connectivity index (χ0) is 13.1. The molecule has 17 heavy (non-hydrogen) atoms. The van der Waals surface area contributed by atoms with Crippen LogP contribution in [0, 0.1) is 5.92 Å². The van der Waals surface area contributed by atoms with E-state index in [0.717, 1.165) is 6.26 Å². The Balaban J connectivity index is 2.45. The molecule has 1 aliphatic carbocycles. The first-order valence-electron chi connectivity index (χ1n) is 6.00. The molecule has 0 aromatic carbocycles. The van der Waals surface area contributed by atoms with Crippen molar-refractivity contribution in [3.8, 4) is 0 Å². The van der Waals surface area contributed by atoms with Crippen molar-refractivity contribution in [2.45, 2.75) is 57.5 Å². The summed E-state index contributed by atoms with van der Waals surface area (Å²) in [4.78, 5) is 0. The normalized spacial score (nSPS) is 27.1. The fourth-order valence-corrected chi connectivity index (χ4v) is 3.05. The van der Waals surface area contributed by atoms with Gasteiger partial charge >= 0.3 is 0 Å². The molecule has 0 aromatic heterocycles. The Morgan fingerprint density at radius 1 is 1.24 bits per heavy atom. The summed E-state index contributed by atoms with van der Waals surface area (Å²) in [5.74, 6) is -3.24. The van der Waals surface area contributed by atoms with E-state index in [0.29, 0.717) is 32.1 Å². The van der Waals surface area contributed by atoms with Gasteiger partial charge in [-0.15, -0.1) is 0 Å². The number of hydrogen-bond acceptors (Lipinski definition) is 3. The summed E-state index contributed by atoms with van der Waals surface area (Å²) in [5, 5.41) is 0. The minimum atomic E-state index is -3.47. The van der Waals surface area contributed by atoms with E-state index in [4.69, 9.17) is 4.18 Å². The SMILES string of the molecule is CCCC(F)(F)C1CCC(OS(C)(=O)=O)CC1. The highest BCUT2D eigenvalue weighted by molar-refractivity contribution is 7.86. The second-order valence-electron chi connectivity index (χ2n) is 4.79. The second kappa shape index (κ2) is 5.61. The zero-order valence-corrected chi connectivity index (χ0v) is 11.1. The summed E-state index contributed by atoms with van der Waals surface area (Å²) in [7, 11) is -3.47. The van der Waals surface area contributed by atoms with Gasteiger partial charge in [-0.2, -0.15) is 8.42 Å². The summed E-state index contributed by atoms with van der Waals surface area (Å²) >= 11 is 0. The molecule has 1 fully saturated rings. The monoisotopic (exact) mass is 270 g/mol. The molecule has 1 saturated carbocycles. The van der Waals surface area contributed by atoms with E-state index in [2.05, 4.69) is 0 Å². The van der Waals surface area contributed by atoms with Gasteiger partial charge in [-0.05, 0) is 25.7 Å². The van der Waals surface area contributed by atoms with Gasteiger partial charge in [-0.25, -0.2) is 8.78 Å². The number of hydrogen-bond donors (Lipinski definition) is 0. The molecule has 1 aliphatic rings. The third kappa shape index (κ3) is 4.87. The topological polar surface area (TPSA) is 43.4 Å². The number of halogens is 2. The van der Waals surface area contributed by atoms with Crippen molar-refractivity contribution in [1.29, 1.82) is 0 Å². The van der Waals surface area contributed by atoms with Gasteiger partial charge in [-0.3, -0.25) is 4.18 Å². The molecule has 0 bridgehead atoms. The third-order valence-electron chi connectivity index (χ3n) is 3.17. The molecule has 0 aliphatic heterocycles. The van der Waals surface area contributed by atoms with Crippen LogP contribution in [0.25, 0.3) is 0 Å². The van der Waals surface area contributed by atoms with Gasteiger partial charge in [0.2, 0.25) is 0 Å². The van der Waals surface area contributed by atoms with Gasteiger partial charge in [0.15, 0.2) is 0 Å². The lowest BCUT2D eigenvalue weighted by molar-refractivity contribution is -0.0854. The van der Waals surface area contributed by atoms with Crippen LogP contribution >= 0.6 is 0 Å². The molecule has 0 saturated heterocycles. The molecule has 0 N–H and O–H groups in total. The number of alkyl halides is 2. The van der Waals surface area contributed by atoms with Crippen LogP contribution in [0.5, 0.6) is 0 Å². The maximum atomic E-state index is 13.6. The van der Waals surface area contributed by atoms with Crippen LogP contribution in [-0.4, -0.2) is 26.7 Å². The highest BCUT2D eigenvalue weighted by atomic mass is 32.2. The van der Waals surface area contributed by atoms with Crippen LogP contribution in [0.1, 0.15) is 45.4 Å². The smallest absolute Gasteiger partial charge is 0.264 e. The first-order chi connectivity index (χ1) is 7.74. The average Bonchev–Trinajstić information content (AvgIpc) is 2.15. The molecule has 0 spiro atoms. The third-order valence-corrected chi connectivity index (χ3v) is 3.79. The Morgan fingerprint density at radius 2 is 1.76 bits per heavy atom. The largest absolute Gasteiger partial charge is 0.267 e. The molecule has 0 aromatic rings. The van der Waals surface area contributed by atoms with Gasteiger partial charge in [0, 0.05) is 12.3 Å². The summed E-state index contributed by atoms with van der Waals surface area (Å²) in [5.41, 5.74) is 0. The predicted molar refractivity (Wildman–Crippen MR) is 61.5 cm³/mol. The van der Waals surface area contributed by atoms with Gasteiger partial charge in [0.25, 0.3) is 16.0 Å². The Labute approximate surface area is 102 Å². The Hall–Kier alpha value is -0.230. The van der Waals surface area contributed by atoms with E-state index in [-0.39, 0.29) is 6.42 Å². The van der Waals surface area contributed by atoms with Crippen molar-refractivity contribution >= 4 is 10.1 Å². The minimum Gasteiger partial charge on any atom is -0.267 e. The van der Waals surface area contributed by atoms with Gasteiger partial charge in [0.1, 0.15) is 0 Å². The van der Waals surface area contributed by atoms with E-state index in [1.165, 1.54) is 0 Å². The highest BCUT2D eigenvalue weighted by Gasteiger charge is 2.40. The molecular weight excluding hydrogens is 250 g/mol. The predicted octanol–water partition coefficient (Wildman–Crippen LogP) is 2.96. The van der Waals surface area contributed by atoms with Crippen LogP contribution in [0.3, 0.4) is 0 Å². The lowest BCUT2D eigenvalue weighted by Gasteiger charge is -2.33. The summed E-state index contributed by atoms with van der Waals surface area (Å²) < 4.78 is 53.9. The molecule has 1 rings (SSSR count). The minimum absolute atomic E-state index is 0.0880. The number of rotatable bonds is 5. The Bertz CT molecular complexity index is 333. The van der Waals surface area contributed by atoms with Crippen LogP contribution in [-0.2, 0) is 14.3 Å². The quantitative estimate of drug-likeness (QED) is 0.721. The summed E-state index contributed by atoms with van der Waals surface area (Å²) in [6.07, 6.45) is 2.43. The fourth-order valence-electron chi connectivity index (χ4n) is 2.37. The first kappa shape index (κ1) is 14.8. The van der Waals surface area contributed by atoms with Crippen LogP contribution in [0.4, 0.5) is 8.78 Å². The summed E-state index contributed by atoms with van der Waals surface area (Å²) in [6.45, 7) is 1.74. The molecule has 102 valence electrons. The zero-order valence-electron chi connectivity index (χ0n) is 10.3. The van der Waals surface area contributed by atoms with Gasteiger partial charge < -0.3 is 0 Å². The van der Waals surface area contributed by atoms with E-state index in [1.807, 2.05) is 0 Å². The standard InChI is InChI=1S/C11H20F2O3S/c1-3-8-11(12,13)9-4-6-10(7-5-9)16-17(2,14)15/h9-10H,3-8H2,1-2H3. The van der Waals surface area contributed by atoms with Crippen molar-refractivity contribution in [2.75, 3.05) is 6.26 Å². The lowest BCUT2D eigenvalue weighted by atomic mass is 9.82. The maximum absolute atomic E-state index is 13.6.